The van der Waals surface area contributed by atoms with E-state index < -0.39 is 15.9 Å². The van der Waals surface area contributed by atoms with E-state index in [1.165, 1.54) is 20.3 Å². The molecule has 19 heavy (non-hydrogen) atoms. The lowest BCUT2D eigenvalue weighted by molar-refractivity contribution is 0.0955. The van der Waals surface area contributed by atoms with Crippen LogP contribution in [0.1, 0.15) is 17.3 Å². The molecule has 1 aromatic rings. The van der Waals surface area contributed by atoms with Crippen molar-refractivity contribution < 1.29 is 22.7 Å². The fourth-order valence-corrected chi connectivity index (χ4v) is 2.27. The first kappa shape index (κ1) is 15.3. The summed E-state index contributed by atoms with van der Waals surface area (Å²) in [4.78, 5) is 11.5. The number of methoxy groups -OCH3 is 2. The highest BCUT2D eigenvalue weighted by Gasteiger charge is 2.22. The largest absolute Gasteiger partial charge is 0.493 e. The van der Waals surface area contributed by atoms with Gasteiger partial charge in [-0.15, -0.1) is 0 Å². The summed E-state index contributed by atoms with van der Waals surface area (Å²) in [5.41, 5.74) is 0.128. The van der Waals surface area contributed by atoms with Gasteiger partial charge in [0.05, 0.1) is 14.2 Å². The van der Waals surface area contributed by atoms with E-state index in [-0.39, 0.29) is 22.0 Å². The maximum absolute atomic E-state index is 11.7. The average molecular weight is 288 g/mol. The van der Waals surface area contributed by atoms with Gasteiger partial charge >= 0.3 is 0 Å². The van der Waals surface area contributed by atoms with Crippen LogP contribution >= 0.6 is 0 Å². The number of nitrogens with one attached hydrogen (secondary N) is 1. The Morgan fingerprint density at radius 3 is 2.37 bits per heavy atom. The monoisotopic (exact) mass is 288 g/mol. The normalized spacial score (nSPS) is 10.9. The molecule has 0 spiro atoms. The van der Waals surface area contributed by atoms with E-state index >= 15 is 0 Å². The van der Waals surface area contributed by atoms with Crippen LogP contribution in [0.3, 0.4) is 0 Å². The van der Waals surface area contributed by atoms with Crippen molar-refractivity contribution in [3.05, 3.63) is 17.7 Å². The molecule has 0 saturated carbocycles. The van der Waals surface area contributed by atoms with E-state index in [4.69, 9.17) is 14.6 Å². The van der Waals surface area contributed by atoms with Crippen molar-refractivity contribution in [2.24, 2.45) is 5.14 Å². The van der Waals surface area contributed by atoms with Gasteiger partial charge in [0, 0.05) is 12.1 Å². The van der Waals surface area contributed by atoms with Crippen LogP contribution in [0, 0.1) is 0 Å². The van der Waals surface area contributed by atoms with Crippen molar-refractivity contribution in [2.45, 2.75) is 11.8 Å². The Morgan fingerprint density at radius 2 is 1.95 bits per heavy atom. The van der Waals surface area contributed by atoms with Crippen molar-refractivity contribution >= 4 is 15.9 Å². The SMILES string of the molecule is CCNC(=O)c1cc(OC)c(OC)c(S(N)(=O)=O)c1. The fraction of sp³-hybridized carbons (Fsp3) is 0.364. The number of nitrogens with two attached hydrogens (primary N) is 1. The first-order valence-electron chi connectivity index (χ1n) is 5.42. The molecule has 0 bridgehead atoms. The van der Waals surface area contributed by atoms with Crippen LogP contribution in [0.2, 0.25) is 0 Å². The summed E-state index contributed by atoms with van der Waals surface area (Å²) in [5.74, 6) is -0.332. The molecule has 7 nitrogen and oxygen atoms in total. The minimum absolute atomic E-state index is 0.0296. The Bertz CT molecular complexity index is 583. The number of ether oxygens (including phenoxy) is 2. The Morgan fingerprint density at radius 1 is 1.32 bits per heavy atom. The Hall–Kier alpha value is -1.80. The number of sulfonamides is 1. The Labute approximate surface area is 111 Å². The van der Waals surface area contributed by atoms with Crippen molar-refractivity contribution in [3.8, 4) is 11.5 Å². The van der Waals surface area contributed by atoms with E-state index in [1.807, 2.05) is 0 Å². The third-order valence-electron chi connectivity index (χ3n) is 2.35. The number of amides is 1. The molecule has 0 aliphatic heterocycles. The van der Waals surface area contributed by atoms with Crippen LogP contribution in [0.25, 0.3) is 0 Å². The molecule has 0 aliphatic rings. The molecule has 1 rings (SSSR count). The first-order chi connectivity index (χ1) is 8.85. The minimum atomic E-state index is -4.03. The molecule has 0 aromatic heterocycles. The standard InChI is InChI=1S/C11H16N2O5S/c1-4-13-11(14)7-5-8(17-2)10(18-3)9(6-7)19(12,15)16/h5-6H,4H2,1-3H3,(H,13,14)(H2,12,15,16). The summed E-state index contributed by atoms with van der Waals surface area (Å²) in [6.45, 7) is 2.16. The number of carbonyl (C=O) groups is 1. The van der Waals surface area contributed by atoms with Crippen molar-refractivity contribution in [1.82, 2.24) is 5.32 Å². The highest BCUT2D eigenvalue weighted by atomic mass is 32.2. The van der Waals surface area contributed by atoms with Crippen LogP contribution in [0.5, 0.6) is 11.5 Å². The molecule has 0 saturated heterocycles. The van der Waals surface area contributed by atoms with Gasteiger partial charge in [0.1, 0.15) is 4.90 Å². The summed E-state index contributed by atoms with van der Waals surface area (Å²) in [6, 6.07) is 2.54. The third-order valence-corrected chi connectivity index (χ3v) is 3.27. The highest BCUT2D eigenvalue weighted by Crippen LogP contribution is 2.34. The number of hydrogen-bond acceptors (Lipinski definition) is 5. The molecule has 1 aromatic carbocycles. The molecule has 0 atom stereocenters. The van der Waals surface area contributed by atoms with Gasteiger partial charge in [0.15, 0.2) is 11.5 Å². The number of carbonyl (C=O) groups excluding carboxylic acids is 1. The number of primary sulfonamides is 1. The number of rotatable bonds is 5. The summed E-state index contributed by atoms with van der Waals surface area (Å²) >= 11 is 0. The second-order valence-electron chi connectivity index (χ2n) is 3.61. The molecule has 0 fully saturated rings. The second kappa shape index (κ2) is 5.89. The summed E-state index contributed by atoms with van der Waals surface area (Å²) in [5, 5.41) is 7.66. The highest BCUT2D eigenvalue weighted by molar-refractivity contribution is 7.89. The molecule has 106 valence electrons. The molecule has 0 heterocycles. The molecule has 0 aliphatic carbocycles. The van der Waals surface area contributed by atoms with Crippen LogP contribution in [-0.2, 0) is 10.0 Å². The van der Waals surface area contributed by atoms with Gasteiger partial charge in [0.25, 0.3) is 5.91 Å². The van der Waals surface area contributed by atoms with Gasteiger partial charge in [0.2, 0.25) is 10.0 Å². The predicted molar refractivity (Wildman–Crippen MR) is 68.9 cm³/mol. The van der Waals surface area contributed by atoms with Crippen LogP contribution in [-0.4, -0.2) is 35.1 Å². The maximum atomic E-state index is 11.7. The number of benzene rings is 1. The van der Waals surface area contributed by atoms with Gasteiger partial charge < -0.3 is 14.8 Å². The van der Waals surface area contributed by atoms with E-state index in [9.17, 15) is 13.2 Å². The summed E-state index contributed by atoms with van der Waals surface area (Å²) in [7, 11) is -1.40. The third kappa shape index (κ3) is 3.36. The molecule has 3 N–H and O–H groups in total. The van der Waals surface area contributed by atoms with Gasteiger partial charge in [-0.1, -0.05) is 0 Å². The predicted octanol–water partition coefficient (Wildman–Crippen LogP) is 0.101. The molecule has 0 radical (unpaired) electrons. The van der Waals surface area contributed by atoms with Crippen molar-refractivity contribution in [1.29, 1.82) is 0 Å². The zero-order valence-corrected chi connectivity index (χ0v) is 11.7. The first-order valence-corrected chi connectivity index (χ1v) is 6.96. The lowest BCUT2D eigenvalue weighted by atomic mass is 10.2. The Balaban J connectivity index is 3.52. The van der Waals surface area contributed by atoms with Crippen LogP contribution < -0.4 is 19.9 Å². The van der Waals surface area contributed by atoms with E-state index in [1.54, 1.807) is 6.92 Å². The van der Waals surface area contributed by atoms with Crippen molar-refractivity contribution in [2.75, 3.05) is 20.8 Å². The lowest BCUT2D eigenvalue weighted by Crippen LogP contribution is -2.23. The maximum Gasteiger partial charge on any atom is 0.251 e. The zero-order valence-electron chi connectivity index (χ0n) is 10.9. The van der Waals surface area contributed by atoms with Crippen LogP contribution in [0.15, 0.2) is 17.0 Å². The lowest BCUT2D eigenvalue weighted by Gasteiger charge is -2.13. The fourth-order valence-electron chi connectivity index (χ4n) is 1.53. The summed E-state index contributed by atoms with van der Waals surface area (Å²) < 4.78 is 33.0. The smallest absolute Gasteiger partial charge is 0.251 e. The average Bonchev–Trinajstić information content (AvgIpc) is 2.36. The van der Waals surface area contributed by atoms with E-state index in [2.05, 4.69) is 5.32 Å². The summed E-state index contributed by atoms with van der Waals surface area (Å²) in [6.07, 6.45) is 0. The van der Waals surface area contributed by atoms with E-state index in [0.717, 1.165) is 6.07 Å². The van der Waals surface area contributed by atoms with Gasteiger partial charge in [-0.25, -0.2) is 13.6 Å². The Kier molecular flexibility index (Phi) is 4.73. The zero-order chi connectivity index (χ0) is 14.6. The molecule has 0 unspecified atom stereocenters. The molecular weight excluding hydrogens is 272 g/mol. The minimum Gasteiger partial charge on any atom is -0.493 e. The van der Waals surface area contributed by atoms with Gasteiger partial charge in [-0.05, 0) is 19.1 Å². The molecule has 1 amide bonds. The van der Waals surface area contributed by atoms with Crippen molar-refractivity contribution in [3.63, 3.8) is 0 Å². The topological polar surface area (TPSA) is 108 Å². The van der Waals surface area contributed by atoms with Gasteiger partial charge in [-0.3, -0.25) is 4.79 Å². The second-order valence-corrected chi connectivity index (χ2v) is 5.14. The quantitative estimate of drug-likeness (QED) is 0.799. The molecule has 8 heteroatoms. The van der Waals surface area contributed by atoms with Crippen LogP contribution in [0.4, 0.5) is 0 Å². The van der Waals surface area contributed by atoms with E-state index in [0.29, 0.717) is 6.54 Å². The number of hydrogen-bond donors (Lipinski definition) is 2. The molecular formula is C11H16N2O5S. The van der Waals surface area contributed by atoms with Gasteiger partial charge in [-0.2, -0.15) is 0 Å².